The van der Waals surface area contributed by atoms with Gasteiger partial charge in [0.1, 0.15) is 5.75 Å². The topological polar surface area (TPSA) is 70.7 Å². The van der Waals surface area contributed by atoms with Gasteiger partial charge in [-0.1, -0.05) is 6.07 Å². The van der Waals surface area contributed by atoms with Crippen molar-refractivity contribution in [2.75, 3.05) is 30.9 Å². The summed E-state index contributed by atoms with van der Waals surface area (Å²) >= 11 is 1.66. The van der Waals surface area contributed by atoms with Crippen LogP contribution in [0.25, 0.3) is 0 Å². The third kappa shape index (κ3) is 5.58. The summed E-state index contributed by atoms with van der Waals surface area (Å²) < 4.78 is 5.23. The number of benzene rings is 2. The smallest absolute Gasteiger partial charge is 0.251 e. The summed E-state index contributed by atoms with van der Waals surface area (Å²) in [6, 6.07) is 18.5. The number of rotatable bonds is 8. The van der Waals surface area contributed by atoms with Gasteiger partial charge < -0.3 is 20.3 Å². The van der Waals surface area contributed by atoms with Crippen molar-refractivity contribution >= 4 is 34.5 Å². The Kier molecular flexibility index (Phi) is 6.86. The van der Waals surface area contributed by atoms with Crippen molar-refractivity contribution in [2.24, 2.45) is 0 Å². The molecule has 0 radical (unpaired) electrons. The number of carbonyl (C=O) groups excluding carboxylic acids is 2. The third-order valence-corrected chi connectivity index (χ3v) is 5.22. The van der Waals surface area contributed by atoms with Gasteiger partial charge in [-0.3, -0.25) is 9.59 Å². The van der Waals surface area contributed by atoms with Crippen LogP contribution in [-0.4, -0.2) is 32.5 Å². The summed E-state index contributed by atoms with van der Waals surface area (Å²) in [6.07, 6.45) is 0. The number of nitrogens with zero attached hydrogens (tertiary/aromatic N) is 1. The summed E-state index contributed by atoms with van der Waals surface area (Å²) in [7, 11) is 3.21. The number of ether oxygens (including phenoxy) is 1. The Hall–Kier alpha value is -3.32. The molecule has 0 unspecified atom stereocenters. The lowest BCUT2D eigenvalue weighted by Crippen LogP contribution is -2.32. The van der Waals surface area contributed by atoms with Gasteiger partial charge >= 0.3 is 0 Å². The Morgan fingerprint density at radius 2 is 1.76 bits per heavy atom. The van der Waals surface area contributed by atoms with Crippen LogP contribution >= 0.6 is 11.3 Å². The van der Waals surface area contributed by atoms with Crippen LogP contribution in [0.15, 0.2) is 66.0 Å². The largest absolute Gasteiger partial charge is 0.497 e. The van der Waals surface area contributed by atoms with E-state index in [0.29, 0.717) is 17.8 Å². The van der Waals surface area contributed by atoms with Crippen LogP contribution in [-0.2, 0) is 11.3 Å². The minimum atomic E-state index is -0.162. The Labute approximate surface area is 174 Å². The molecule has 0 bridgehead atoms. The summed E-state index contributed by atoms with van der Waals surface area (Å²) in [4.78, 5) is 27.5. The molecule has 2 aromatic carbocycles. The SMILES string of the molecule is CNC(=O)c1ccc(NC(=O)CN(Cc2cccs2)c2ccc(OC)cc2)cc1. The maximum Gasteiger partial charge on any atom is 0.251 e. The third-order valence-electron chi connectivity index (χ3n) is 4.36. The Morgan fingerprint density at radius 1 is 1.03 bits per heavy atom. The van der Waals surface area contributed by atoms with E-state index in [9.17, 15) is 9.59 Å². The number of amides is 2. The van der Waals surface area contributed by atoms with Gasteiger partial charge in [0, 0.05) is 28.9 Å². The highest BCUT2D eigenvalue weighted by Crippen LogP contribution is 2.22. The Morgan fingerprint density at radius 3 is 2.34 bits per heavy atom. The zero-order chi connectivity index (χ0) is 20.6. The van der Waals surface area contributed by atoms with E-state index in [4.69, 9.17) is 4.74 Å². The van der Waals surface area contributed by atoms with Crippen LogP contribution in [0, 0.1) is 0 Å². The zero-order valence-electron chi connectivity index (χ0n) is 16.3. The van der Waals surface area contributed by atoms with Crippen molar-refractivity contribution in [1.29, 1.82) is 0 Å². The van der Waals surface area contributed by atoms with Crippen LogP contribution in [0.2, 0.25) is 0 Å². The molecule has 3 rings (SSSR count). The van der Waals surface area contributed by atoms with Crippen LogP contribution in [0.3, 0.4) is 0 Å². The Balaban J connectivity index is 1.70. The summed E-state index contributed by atoms with van der Waals surface area (Å²) in [5.74, 6) is 0.472. The Bertz CT molecular complexity index is 938. The summed E-state index contributed by atoms with van der Waals surface area (Å²) in [5, 5.41) is 7.49. The quantitative estimate of drug-likeness (QED) is 0.594. The van der Waals surface area contributed by atoms with Gasteiger partial charge in [0.25, 0.3) is 5.91 Å². The molecule has 2 N–H and O–H groups in total. The lowest BCUT2D eigenvalue weighted by molar-refractivity contribution is -0.115. The first-order valence-corrected chi connectivity index (χ1v) is 10.0. The summed E-state index contributed by atoms with van der Waals surface area (Å²) in [6.45, 7) is 0.828. The number of anilines is 2. The van der Waals surface area contributed by atoms with Gasteiger partial charge in [-0.2, -0.15) is 0 Å². The first-order valence-electron chi connectivity index (χ1n) is 9.12. The molecule has 29 heavy (non-hydrogen) atoms. The molecular weight excluding hydrogens is 386 g/mol. The number of methoxy groups -OCH3 is 1. The fraction of sp³-hybridized carbons (Fsp3) is 0.182. The maximum absolute atomic E-state index is 12.7. The van der Waals surface area contributed by atoms with E-state index in [0.717, 1.165) is 11.4 Å². The lowest BCUT2D eigenvalue weighted by atomic mass is 10.2. The monoisotopic (exact) mass is 409 g/mol. The van der Waals surface area contributed by atoms with E-state index >= 15 is 0 Å². The molecule has 6 nitrogen and oxygen atoms in total. The van der Waals surface area contributed by atoms with Crippen molar-refractivity contribution in [3.05, 3.63) is 76.5 Å². The molecule has 0 saturated carbocycles. The van der Waals surface area contributed by atoms with Crippen LogP contribution in [0.4, 0.5) is 11.4 Å². The van der Waals surface area contributed by atoms with Crippen molar-refractivity contribution < 1.29 is 14.3 Å². The predicted octanol–water partition coefficient (Wildman–Crippen LogP) is 3.76. The normalized spacial score (nSPS) is 10.3. The average molecular weight is 410 g/mol. The van der Waals surface area contributed by atoms with Crippen LogP contribution < -0.4 is 20.3 Å². The number of hydrogen-bond acceptors (Lipinski definition) is 5. The van der Waals surface area contributed by atoms with E-state index in [1.165, 1.54) is 4.88 Å². The molecule has 0 aliphatic rings. The second-order valence-electron chi connectivity index (χ2n) is 6.34. The van der Waals surface area contributed by atoms with Gasteiger partial charge in [-0.25, -0.2) is 0 Å². The molecular formula is C22H23N3O3S. The lowest BCUT2D eigenvalue weighted by Gasteiger charge is -2.24. The average Bonchev–Trinajstić information content (AvgIpc) is 3.26. The molecule has 3 aromatic rings. The standard InChI is InChI=1S/C22H23N3O3S/c1-23-22(27)16-5-7-17(8-6-16)24-21(26)15-25(14-20-4-3-13-29-20)18-9-11-19(28-2)12-10-18/h3-13H,14-15H2,1-2H3,(H,23,27)(H,24,26). The summed E-state index contributed by atoms with van der Waals surface area (Å²) in [5.41, 5.74) is 2.13. The number of hydrogen-bond donors (Lipinski definition) is 2. The van der Waals surface area contributed by atoms with Crippen molar-refractivity contribution in [1.82, 2.24) is 5.32 Å². The first kappa shape index (κ1) is 20.4. The van der Waals surface area contributed by atoms with Gasteiger partial charge in [0.05, 0.1) is 20.2 Å². The highest BCUT2D eigenvalue weighted by Gasteiger charge is 2.14. The molecule has 0 spiro atoms. The minimum absolute atomic E-state index is 0.134. The molecule has 0 atom stereocenters. The molecule has 7 heteroatoms. The van der Waals surface area contributed by atoms with E-state index < -0.39 is 0 Å². The predicted molar refractivity (Wildman–Crippen MR) is 117 cm³/mol. The molecule has 1 heterocycles. The molecule has 0 fully saturated rings. The fourth-order valence-electron chi connectivity index (χ4n) is 2.85. The van der Waals surface area contributed by atoms with Crippen molar-refractivity contribution in [3.8, 4) is 5.75 Å². The highest BCUT2D eigenvalue weighted by atomic mass is 32.1. The van der Waals surface area contributed by atoms with Crippen molar-refractivity contribution in [2.45, 2.75) is 6.54 Å². The van der Waals surface area contributed by atoms with Crippen molar-refractivity contribution in [3.63, 3.8) is 0 Å². The number of nitrogens with one attached hydrogen (secondary N) is 2. The van der Waals surface area contributed by atoms with Gasteiger partial charge in [0.15, 0.2) is 0 Å². The van der Waals surface area contributed by atoms with Gasteiger partial charge in [-0.05, 0) is 60.0 Å². The van der Waals surface area contributed by atoms with E-state index in [1.807, 2.05) is 40.6 Å². The number of carbonyl (C=O) groups is 2. The molecule has 0 aliphatic carbocycles. The highest BCUT2D eigenvalue weighted by molar-refractivity contribution is 7.09. The molecule has 1 aromatic heterocycles. The van der Waals surface area contributed by atoms with Crippen LogP contribution in [0.5, 0.6) is 5.75 Å². The maximum atomic E-state index is 12.7. The van der Waals surface area contributed by atoms with E-state index in [-0.39, 0.29) is 18.4 Å². The molecule has 150 valence electrons. The first-order chi connectivity index (χ1) is 14.1. The molecule has 2 amide bonds. The second-order valence-corrected chi connectivity index (χ2v) is 7.37. The van der Waals surface area contributed by atoms with E-state index in [1.54, 1.807) is 49.8 Å². The van der Waals surface area contributed by atoms with Gasteiger partial charge in [0.2, 0.25) is 5.91 Å². The molecule has 0 saturated heterocycles. The zero-order valence-corrected chi connectivity index (χ0v) is 17.2. The van der Waals surface area contributed by atoms with E-state index in [2.05, 4.69) is 16.7 Å². The van der Waals surface area contributed by atoms with Crippen LogP contribution in [0.1, 0.15) is 15.2 Å². The second kappa shape index (κ2) is 9.75. The number of thiophene rings is 1. The van der Waals surface area contributed by atoms with Gasteiger partial charge in [-0.15, -0.1) is 11.3 Å². The molecule has 0 aliphatic heterocycles. The minimum Gasteiger partial charge on any atom is -0.497 e. The fourth-order valence-corrected chi connectivity index (χ4v) is 3.56.